The van der Waals surface area contributed by atoms with Crippen LogP contribution in [0.4, 0.5) is 4.79 Å². The largest absolute Gasteiger partial charge is 0.496 e. The number of carbonyl (C=O) groups is 1. The fourth-order valence-corrected chi connectivity index (χ4v) is 2.41. The molecule has 2 unspecified atom stereocenters. The molecule has 0 saturated heterocycles. The second-order valence-electron chi connectivity index (χ2n) is 5.89. The summed E-state index contributed by atoms with van der Waals surface area (Å²) in [5.74, 6) is 1.10. The SMILES string of the molecule is COc1ccc(C)cc1CCNC(=O)NCC(C)CC(C)O. The molecule has 0 aliphatic heterocycles. The maximum Gasteiger partial charge on any atom is 0.314 e. The molecule has 124 valence electrons. The van der Waals surface area contributed by atoms with Gasteiger partial charge in [-0.05, 0) is 44.2 Å². The zero-order valence-electron chi connectivity index (χ0n) is 14.0. The molecule has 5 nitrogen and oxygen atoms in total. The molecule has 0 fully saturated rings. The van der Waals surface area contributed by atoms with Crippen molar-refractivity contribution in [2.75, 3.05) is 20.2 Å². The highest BCUT2D eigenvalue weighted by molar-refractivity contribution is 5.73. The van der Waals surface area contributed by atoms with E-state index in [-0.39, 0.29) is 18.1 Å². The van der Waals surface area contributed by atoms with E-state index in [2.05, 4.69) is 16.7 Å². The van der Waals surface area contributed by atoms with Crippen molar-refractivity contribution < 1.29 is 14.6 Å². The number of aliphatic hydroxyl groups excluding tert-OH is 1. The number of urea groups is 1. The molecule has 1 aromatic carbocycles. The Morgan fingerprint density at radius 1 is 1.32 bits per heavy atom. The lowest BCUT2D eigenvalue weighted by molar-refractivity contribution is 0.163. The van der Waals surface area contributed by atoms with Gasteiger partial charge in [0.05, 0.1) is 13.2 Å². The second-order valence-corrected chi connectivity index (χ2v) is 5.89. The van der Waals surface area contributed by atoms with Crippen LogP contribution < -0.4 is 15.4 Å². The first-order valence-corrected chi connectivity index (χ1v) is 7.75. The Morgan fingerprint density at radius 2 is 2.05 bits per heavy atom. The summed E-state index contributed by atoms with van der Waals surface area (Å²) in [4.78, 5) is 11.7. The molecule has 0 aromatic heterocycles. The van der Waals surface area contributed by atoms with Crippen molar-refractivity contribution in [2.45, 2.75) is 39.7 Å². The van der Waals surface area contributed by atoms with Crippen molar-refractivity contribution in [1.29, 1.82) is 0 Å². The molecular formula is C17H28N2O3. The van der Waals surface area contributed by atoms with E-state index in [1.54, 1.807) is 14.0 Å². The van der Waals surface area contributed by atoms with E-state index in [0.717, 1.165) is 17.7 Å². The van der Waals surface area contributed by atoms with Crippen LogP contribution in [0.5, 0.6) is 5.75 Å². The number of aryl methyl sites for hydroxylation is 1. The summed E-state index contributed by atoms with van der Waals surface area (Å²) >= 11 is 0. The average molecular weight is 308 g/mol. The van der Waals surface area contributed by atoms with Crippen LogP contribution >= 0.6 is 0 Å². The molecule has 22 heavy (non-hydrogen) atoms. The number of nitrogens with one attached hydrogen (secondary N) is 2. The van der Waals surface area contributed by atoms with Crippen LogP contribution in [0.3, 0.4) is 0 Å². The van der Waals surface area contributed by atoms with Gasteiger partial charge in [-0.2, -0.15) is 0 Å². The average Bonchev–Trinajstić information content (AvgIpc) is 2.45. The van der Waals surface area contributed by atoms with Crippen molar-refractivity contribution in [3.8, 4) is 5.75 Å². The van der Waals surface area contributed by atoms with Gasteiger partial charge < -0.3 is 20.5 Å². The van der Waals surface area contributed by atoms with Crippen LogP contribution in [-0.4, -0.2) is 37.4 Å². The number of benzene rings is 1. The fraction of sp³-hybridized carbons (Fsp3) is 0.588. The smallest absolute Gasteiger partial charge is 0.314 e. The number of ether oxygens (including phenoxy) is 1. The van der Waals surface area contributed by atoms with Crippen LogP contribution in [0.25, 0.3) is 0 Å². The molecular weight excluding hydrogens is 280 g/mol. The van der Waals surface area contributed by atoms with Crippen molar-refractivity contribution >= 4 is 6.03 Å². The lowest BCUT2D eigenvalue weighted by Gasteiger charge is -2.15. The minimum Gasteiger partial charge on any atom is -0.496 e. The van der Waals surface area contributed by atoms with E-state index in [1.165, 1.54) is 5.56 Å². The van der Waals surface area contributed by atoms with E-state index < -0.39 is 0 Å². The Morgan fingerprint density at radius 3 is 2.68 bits per heavy atom. The number of amides is 2. The standard InChI is InChI=1S/C17H28N2O3/c1-12-5-6-16(22-4)15(10-12)7-8-18-17(21)19-11-13(2)9-14(3)20/h5-6,10,13-14,20H,7-9,11H2,1-4H3,(H2,18,19,21). The monoisotopic (exact) mass is 308 g/mol. The third kappa shape index (κ3) is 6.80. The molecule has 0 heterocycles. The highest BCUT2D eigenvalue weighted by Crippen LogP contribution is 2.19. The topological polar surface area (TPSA) is 70.6 Å². The van der Waals surface area contributed by atoms with Crippen molar-refractivity contribution in [3.63, 3.8) is 0 Å². The van der Waals surface area contributed by atoms with Gasteiger partial charge in [-0.25, -0.2) is 4.79 Å². The van der Waals surface area contributed by atoms with Crippen LogP contribution in [0.2, 0.25) is 0 Å². The van der Waals surface area contributed by atoms with Crippen molar-refractivity contribution in [1.82, 2.24) is 10.6 Å². The molecule has 0 radical (unpaired) electrons. The first kappa shape index (κ1) is 18.3. The summed E-state index contributed by atoms with van der Waals surface area (Å²) in [6.45, 7) is 6.91. The van der Waals surface area contributed by atoms with Gasteiger partial charge in [0.25, 0.3) is 0 Å². The van der Waals surface area contributed by atoms with Crippen LogP contribution in [-0.2, 0) is 6.42 Å². The predicted octanol–water partition coefficient (Wildman–Crippen LogP) is 2.25. The Bertz CT molecular complexity index is 475. The third-order valence-electron chi connectivity index (χ3n) is 3.47. The fourth-order valence-electron chi connectivity index (χ4n) is 2.41. The Balaban J connectivity index is 2.32. The summed E-state index contributed by atoms with van der Waals surface area (Å²) in [5.41, 5.74) is 2.26. The first-order chi connectivity index (χ1) is 10.4. The van der Waals surface area contributed by atoms with E-state index >= 15 is 0 Å². The molecule has 2 amide bonds. The van der Waals surface area contributed by atoms with Crippen molar-refractivity contribution in [3.05, 3.63) is 29.3 Å². The maximum atomic E-state index is 11.7. The normalized spacial score (nSPS) is 13.3. The van der Waals surface area contributed by atoms with Crippen LogP contribution in [0, 0.1) is 12.8 Å². The molecule has 3 N–H and O–H groups in total. The van der Waals surface area contributed by atoms with E-state index in [9.17, 15) is 9.90 Å². The van der Waals surface area contributed by atoms with E-state index in [4.69, 9.17) is 4.74 Å². The Kier molecular flexibility index (Phi) is 7.74. The Hall–Kier alpha value is -1.75. The van der Waals surface area contributed by atoms with Gasteiger partial charge in [-0.3, -0.25) is 0 Å². The second kappa shape index (κ2) is 9.30. The van der Waals surface area contributed by atoms with Gasteiger partial charge in [0.15, 0.2) is 0 Å². The van der Waals surface area contributed by atoms with Gasteiger partial charge in [0.2, 0.25) is 0 Å². The number of hydrogen-bond acceptors (Lipinski definition) is 3. The number of aliphatic hydroxyl groups is 1. The molecule has 0 spiro atoms. The van der Waals surface area contributed by atoms with Gasteiger partial charge in [-0.15, -0.1) is 0 Å². The van der Waals surface area contributed by atoms with Gasteiger partial charge in [-0.1, -0.05) is 24.6 Å². The predicted molar refractivity (Wildman–Crippen MR) is 88.3 cm³/mol. The number of methoxy groups -OCH3 is 1. The summed E-state index contributed by atoms with van der Waals surface area (Å²) < 4.78 is 5.32. The molecule has 2 atom stereocenters. The Labute approximate surface area is 133 Å². The molecule has 0 bridgehead atoms. The molecule has 5 heteroatoms. The number of carbonyl (C=O) groups excluding carboxylic acids is 1. The maximum absolute atomic E-state index is 11.7. The first-order valence-electron chi connectivity index (χ1n) is 7.75. The third-order valence-corrected chi connectivity index (χ3v) is 3.47. The number of hydrogen-bond donors (Lipinski definition) is 3. The molecule has 1 aromatic rings. The molecule has 1 rings (SSSR count). The lowest BCUT2D eigenvalue weighted by Crippen LogP contribution is -2.39. The summed E-state index contributed by atoms with van der Waals surface area (Å²) in [6.07, 6.45) is 1.07. The summed E-state index contributed by atoms with van der Waals surface area (Å²) in [7, 11) is 1.65. The highest BCUT2D eigenvalue weighted by atomic mass is 16.5. The zero-order valence-corrected chi connectivity index (χ0v) is 14.0. The molecule has 0 aliphatic carbocycles. The highest BCUT2D eigenvalue weighted by Gasteiger charge is 2.08. The minimum absolute atomic E-state index is 0.177. The molecule has 0 saturated carbocycles. The van der Waals surface area contributed by atoms with Gasteiger partial charge >= 0.3 is 6.03 Å². The lowest BCUT2D eigenvalue weighted by atomic mass is 10.1. The number of rotatable bonds is 8. The quantitative estimate of drug-likeness (QED) is 0.690. The molecule has 0 aliphatic rings. The minimum atomic E-state index is -0.339. The van der Waals surface area contributed by atoms with Gasteiger partial charge in [0, 0.05) is 13.1 Å². The summed E-state index contributed by atoms with van der Waals surface area (Å²) in [6, 6.07) is 5.85. The van der Waals surface area contributed by atoms with Crippen molar-refractivity contribution in [2.24, 2.45) is 5.92 Å². The summed E-state index contributed by atoms with van der Waals surface area (Å²) in [5, 5.41) is 15.0. The van der Waals surface area contributed by atoms with E-state index in [1.807, 2.05) is 26.0 Å². The van der Waals surface area contributed by atoms with Crippen LogP contribution in [0.1, 0.15) is 31.4 Å². The van der Waals surface area contributed by atoms with E-state index in [0.29, 0.717) is 19.5 Å². The zero-order chi connectivity index (χ0) is 16.5. The van der Waals surface area contributed by atoms with Gasteiger partial charge in [0.1, 0.15) is 5.75 Å². The van der Waals surface area contributed by atoms with Crippen LogP contribution in [0.15, 0.2) is 18.2 Å².